The number of fused-ring (bicyclic) bond motifs is 1. The molecule has 2 nitrogen and oxygen atoms in total. The van der Waals surface area contributed by atoms with Crippen molar-refractivity contribution in [2.24, 2.45) is 0 Å². The van der Waals surface area contributed by atoms with Crippen LogP contribution in [0.4, 0.5) is 5.69 Å². The van der Waals surface area contributed by atoms with Crippen molar-refractivity contribution in [3.05, 3.63) is 72.1 Å². The third-order valence-electron chi connectivity index (χ3n) is 3.22. The highest BCUT2D eigenvalue weighted by Gasteiger charge is 2.00. The molecule has 0 radical (unpaired) electrons. The van der Waals surface area contributed by atoms with Crippen LogP contribution >= 0.6 is 0 Å². The van der Waals surface area contributed by atoms with Gasteiger partial charge in [-0.1, -0.05) is 42.5 Å². The summed E-state index contributed by atoms with van der Waals surface area (Å²) in [6.07, 6.45) is 1.90. The van der Waals surface area contributed by atoms with Gasteiger partial charge < -0.3 is 5.32 Å². The zero-order chi connectivity index (χ0) is 13.1. The number of aromatic nitrogens is 1. The minimum absolute atomic E-state index is 0.744. The van der Waals surface area contributed by atoms with Gasteiger partial charge in [0.2, 0.25) is 0 Å². The van der Waals surface area contributed by atoms with Crippen molar-refractivity contribution in [3.63, 3.8) is 0 Å². The first kappa shape index (κ1) is 11.7. The average molecular weight is 248 g/mol. The molecular formula is C17H16N2. The van der Waals surface area contributed by atoms with Gasteiger partial charge in [0.25, 0.3) is 0 Å². The van der Waals surface area contributed by atoms with Crippen molar-refractivity contribution in [1.82, 2.24) is 4.98 Å². The number of nitrogens with one attached hydrogen (secondary N) is 1. The molecule has 0 unspecified atom stereocenters. The number of pyridine rings is 1. The predicted molar refractivity (Wildman–Crippen MR) is 80.2 cm³/mol. The van der Waals surface area contributed by atoms with Gasteiger partial charge in [-0.3, -0.25) is 4.98 Å². The highest BCUT2D eigenvalue weighted by molar-refractivity contribution is 5.93. The van der Waals surface area contributed by atoms with E-state index in [0.29, 0.717) is 0 Å². The first-order chi connectivity index (χ1) is 9.33. The van der Waals surface area contributed by atoms with E-state index in [4.69, 9.17) is 0 Å². The Labute approximate surface area is 113 Å². The first-order valence-electron chi connectivity index (χ1n) is 6.46. The summed E-state index contributed by atoms with van der Waals surface area (Å²) < 4.78 is 0. The van der Waals surface area contributed by atoms with Crippen molar-refractivity contribution in [3.8, 4) is 0 Å². The fourth-order valence-electron chi connectivity index (χ4n) is 2.17. The SMILES string of the molecule is Cc1ccc(CNc2cccc3ccccc23)nc1. The number of hydrogen-bond donors (Lipinski definition) is 1. The average Bonchev–Trinajstić information content (AvgIpc) is 2.47. The second-order valence-electron chi connectivity index (χ2n) is 4.71. The van der Waals surface area contributed by atoms with Gasteiger partial charge in [0.05, 0.1) is 12.2 Å². The standard InChI is InChI=1S/C17H16N2/c1-13-9-10-15(18-11-13)12-19-17-8-4-6-14-5-2-3-7-16(14)17/h2-11,19H,12H2,1H3. The quantitative estimate of drug-likeness (QED) is 0.753. The van der Waals surface area contributed by atoms with E-state index < -0.39 is 0 Å². The summed E-state index contributed by atoms with van der Waals surface area (Å²) in [7, 11) is 0. The van der Waals surface area contributed by atoms with E-state index in [0.717, 1.165) is 17.9 Å². The Morgan fingerprint density at radius 3 is 2.63 bits per heavy atom. The molecule has 0 saturated carbocycles. The molecule has 2 aromatic carbocycles. The molecule has 0 saturated heterocycles. The normalized spacial score (nSPS) is 10.6. The molecule has 3 aromatic rings. The summed E-state index contributed by atoms with van der Waals surface area (Å²) in [5, 5.41) is 5.96. The van der Waals surface area contributed by atoms with Gasteiger partial charge in [0, 0.05) is 17.3 Å². The highest BCUT2D eigenvalue weighted by Crippen LogP contribution is 2.23. The molecule has 0 atom stereocenters. The smallest absolute Gasteiger partial charge is 0.0594 e. The molecule has 94 valence electrons. The lowest BCUT2D eigenvalue weighted by molar-refractivity contribution is 1.04. The van der Waals surface area contributed by atoms with Crippen LogP contribution in [0.3, 0.4) is 0 Å². The molecule has 1 heterocycles. The largest absolute Gasteiger partial charge is 0.379 e. The highest BCUT2D eigenvalue weighted by atomic mass is 14.9. The van der Waals surface area contributed by atoms with E-state index in [2.05, 4.69) is 71.8 Å². The number of hydrogen-bond acceptors (Lipinski definition) is 2. The Bertz CT molecular complexity index is 682. The van der Waals surface area contributed by atoms with Crippen LogP contribution in [0.1, 0.15) is 11.3 Å². The van der Waals surface area contributed by atoms with Crippen LogP contribution in [-0.2, 0) is 6.54 Å². The Balaban J connectivity index is 1.84. The molecule has 0 aliphatic carbocycles. The molecule has 1 aromatic heterocycles. The third kappa shape index (κ3) is 2.58. The second kappa shape index (κ2) is 5.11. The number of rotatable bonds is 3. The van der Waals surface area contributed by atoms with E-state index in [9.17, 15) is 0 Å². The summed E-state index contributed by atoms with van der Waals surface area (Å²) in [4.78, 5) is 4.41. The maximum atomic E-state index is 4.41. The van der Waals surface area contributed by atoms with Crippen LogP contribution in [0.5, 0.6) is 0 Å². The van der Waals surface area contributed by atoms with Crippen molar-refractivity contribution < 1.29 is 0 Å². The minimum atomic E-state index is 0.744. The fourth-order valence-corrected chi connectivity index (χ4v) is 2.17. The van der Waals surface area contributed by atoms with Crippen LogP contribution in [-0.4, -0.2) is 4.98 Å². The molecule has 2 heteroatoms. The number of anilines is 1. The van der Waals surface area contributed by atoms with Gasteiger partial charge in [-0.05, 0) is 30.0 Å². The van der Waals surface area contributed by atoms with Crippen molar-refractivity contribution >= 4 is 16.5 Å². The maximum absolute atomic E-state index is 4.41. The molecule has 0 spiro atoms. The van der Waals surface area contributed by atoms with Crippen LogP contribution in [0, 0.1) is 6.92 Å². The lowest BCUT2D eigenvalue weighted by Crippen LogP contribution is -2.01. The summed E-state index contributed by atoms with van der Waals surface area (Å²) in [6, 6.07) is 18.9. The zero-order valence-electron chi connectivity index (χ0n) is 10.9. The summed E-state index contributed by atoms with van der Waals surface area (Å²) in [5.41, 5.74) is 3.40. The van der Waals surface area contributed by atoms with Crippen LogP contribution < -0.4 is 5.32 Å². The van der Waals surface area contributed by atoms with Gasteiger partial charge in [-0.25, -0.2) is 0 Å². The summed E-state index contributed by atoms with van der Waals surface area (Å²) in [6.45, 7) is 2.79. The van der Waals surface area contributed by atoms with Gasteiger partial charge in [0.1, 0.15) is 0 Å². The lowest BCUT2D eigenvalue weighted by Gasteiger charge is -2.09. The van der Waals surface area contributed by atoms with Crippen LogP contribution in [0.2, 0.25) is 0 Å². The van der Waals surface area contributed by atoms with Gasteiger partial charge >= 0.3 is 0 Å². The Hall–Kier alpha value is -2.35. The Kier molecular flexibility index (Phi) is 3.15. The first-order valence-corrected chi connectivity index (χ1v) is 6.46. The zero-order valence-corrected chi connectivity index (χ0v) is 10.9. The molecule has 0 fully saturated rings. The molecule has 0 bridgehead atoms. The van der Waals surface area contributed by atoms with E-state index >= 15 is 0 Å². The van der Waals surface area contributed by atoms with Gasteiger partial charge in [-0.15, -0.1) is 0 Å². The van der Waals surface area contributed by atoms with Gasteiger partial charge in [-0.2, -0.15) is 0 Å². The fraction of sp³-hybridized carbons (Fsp3) is 0.118. The third-order valence-corrected chi connectivity index (χ3v) is 3.22. The van der Waals surface area contributed by atoms with E-state index in [1.54, 1.807) is 0 Å². The Morgan fingerprint density at radius 1 is 0.947 bits per heavy atom. The molecule has 1 N–H and O–H groups in total. The molecule has 0 aliphatic heterocycles. The Morgan fingerprint density at radius 2 is 1.79 bits per heavy atom. The monoisotopic (exact) mass is 248 g/mol. The molecule has 0 amide bonds. The number of aryl methyl sites for hydroxylation is 1. The molecule has 19 heavy (non-hydrogen) atoms. The molecule has 3 rings (SSSR count). The van der Waals surface area contributed by atoms with Crippen LogP contribution in [0.25, 0.3) is 10.8 Å². The number of benzene rings is 2. The second-order valence-corrected chi connectivity index (χ2v) is 4.71. The molecular weight excluding hydrogens is 232 g/mol. The maximum Gasteiger partial charge on any atom is 0.0594 e. The van der Waals surface area contributed by atoms with E-state index in [1.165, 1.54) is 16.3 Å². The summed E-state index contributed by atoms with van der Waals surface area (Å²) >= 11 is 0. The van der Waals surface area contributed by atoms with Gasteiger partial charge in [0.15, 0.2) is 0 Å². The lowest BCUT2D eigenvalue weighted by atomic mass is 10.1. The summed E-state index contributed by atoms with van der Waals surface area (Å²) in [5.74, 6) is 0. The van der Waals surface area contributed by atoms with E-state index in [-0.39, 0.29) is 0 Å². The number of nitrogens with zero attached hydrogens (tertiary/aromatic N) is 1. The van der Waals surface area contributed by atoms with E-state index in [1.807, 2.05) is 6.20 Å². The topological polar surface area (TPSA) is 24.9 Å². The predicted octanol–water partition coefficient (Wildman–Crippen LogP) is 4.16. The minimum Gasteiger partial charge on any atom is -0.379 e. The van der Waals surface area contributed by atoms with Crippen molar-refractivity contribution in [2.75, 3.05) is 5.32 Å². The van der Waals surface area contributed by atoms with Crippen LogP contribution in [0.15, 0.2) is 60.8 Å². The van der Waals surface area contributed by atoms with Crippen molar-refractivity contribution in [1.29, 1.82) is 0 Å². The van der Waals surface area contributed by atoms with Crippen molar-refractivity contribution in [2.45, 2.75) is 13.5 Å². The molecule has 0 aliphatic rings.